The summed E-state index contributed by atoms with van der Waals surface area (Å²) in [5.74, 6) is 1.35. The van der Waals surface area contributed by atoms with E-state index in [-0.39, 0.29) is 6.61 Å². The molecule has 16 heavy (non-hydrogen) atoms. The number of aryl methyl sites for hydroxylation is 1. The normalized spacial score (nSPS) is 25.9. The van der Waals surface area contributed by atoms with Gasteiger partial charge < -0.3 is 10.4 Å². The Morgan fingerprint density at radius 2 is 2.31 bits per heavy atom. The maximum absolute atomic E-state index is 9.30. The van der Waals surface area contributed by atoms with Gasteiger partial charge in [-0.1, -0.05) is 12.8 Å². The van der Waals surface area contributed by atoms with Gasteiger partial charge in [-0.2, -0.15) is 5.10 Å². The van der Waals surface area contributed by atoms with Crippen LogP contribution in [-0.4, -0.2) is 32.5 Å². The molecule has 0 bridgehead atoms. The van der Waals surface area contributed by atoms with Crippen molar-refractivity contribution in [1.29, 1.82) is 0 Å². The summed E-state index contributed by atoms with van der Waals surface area (Å²) in [7, 11) is 1.90. The largest absolute Gasteiger partial charge is 0.396 e. The molecule has 1 fully saturated rings. The Labute approximate surface area is 95.9 Å². The highest BCUT2D eigenvalue weighted by atomic mass is 16.3. The minimum atomic E-state index is 0.288. The number of aliphatic hydroxyl groups excluding tert-OH is 1. The predicted molar refractivity (Wildman–Crippen MR) is 60.7 cm³/mol. The first-order valence-corrected chi connectivity index (χ1v) is 5.98. The van der Waals surface area contributed by atoms with E-state index < -0.39 is 0 Å². The van der Waals surface area contributed by atoms with Crippen LogP contribution in [0.25, 0.3) is 0 Å². The molecule has 1 aromatic rings. The molecule has 0 saturated heterocycles. The second-order valence-electron chi connectivity index (χ2n) is 4.51. The summed E-state index contributed by atoms with van der Waals surface area (Å²) in [5, 5.41) is 16.8. The van der Waals surface area contributed by atoms with E-state index in [9.17, 15) is 5.11 Å². The Bertz CT molecular complexity index is 326. The van der Waals surface area contributed by atoms with E-state index in [1.54, 1.807) is 11.0 Å². The van der Waals surface area contributed by atoms with E-state index in [1.807, 2.05) is 7.05 Å². The van der Waals surface area contributed by atoms with E-state index in [4.69, 9.17) is 0 Å². The topological polar surface area (TPSA) is 63.0 Å². The van der Waals surface area contributed by atoms with Crippen molar-refractivity contribution in [1.82, 2.24) is 20.1 Å². The highest BCUT2D eigenvalue weighted by Crippen LogP contribution is 2.24. The molecule has 1 aliphatic rings. The number of nitrogens with one attached hydrogen (secondary N) is 1. The molecule has 5 nitrogen and oxygen atoms in total. The average Bonchev–Trinajstić information content (AvgIpc) is 2.72. The van der Waals surface area contributed by atoms with E-state index in [1.165, 1.54) is 12.8 Å². The van der Waals surface area contributed by atoms with Gasteiger partial charge in [0.2, 0.25) is 0 Å². The first kappa shape index (κ1) is 11.5. The van der Waals surface area contributed by atoms with Gasteiger partial charge in [-0.15, -0.1) is 0 Å². The molecule has 2 atom stereocenters. The smallest absolute Gasteiger partial charge is 0.140 e. The van der Waals surface area contributed by atoms with Gasteiger partial charge in [0.05, 0.1) is 6.54 Å². The highest BCUT2D eigenvalue weighted by molar-refractivity contribution is 4.86. The van der Waals surface area contributed by atoms with Crippen molar-refractivity contribution in [2.24, 2.45) is 13.0 Å². The van der Waals surface area contributed by atoms with Crippen molar-refractivity contribution in [2.75, 3.05) is 6.61 Å². The summed E-state index contributed by atoms with van der Waals surface area (Å²) in [6.07, 6.45) is 6.36. The maximum Gasteiger partial charge on any atom is 0.140 e. The zero-order valence-electron chi connectivity index (χ0n) is 9.76. The number of aliphatic hydroxyl groups is 1. The molecule has 0 aromatic carbocycles. The Balaban J connectivity index is 1.86. The Morgan fingerprint density at radius 1 is 1.50 bits per heavy atom. The molecule has 1 heterocycles. The van der Waals surface area contributed by atoms with Crippen LogP contribution in [0.2, 0.25) is 0 Å². The third-order valence-electron chi connectivity index (χ3n) is 3.47. The van der Waals surface area contributed by atoms with Crippen molar-refractivity contribution in [2.45, 2.75) is 38.3 Å². The van der Waals surface area contributed by atoms with Gasteiger partial charge in [0.15, 0.2) is 0 Å². The Kier molecular flexibility index (Phi) is 3.90. The number of hydrogen-bond donors (Lipinski definition) is 2. The molecular formula is C11H20N4O. The molecule has 90 valence electrons. The van der Waals surface area contributed by atoms with Crippen LogP contribution in [0.1, 0.15) is 31.5 Å². The summed E-state index contributed by atoms with van der Waals surface area (Å²) in [6, 6.07) is 0.426. The van der Waals surface area contributed by atoms with Gasteiger partial charge in [-0.05, 0) is 18.8 Å². The zero-order chi connectivity index (χ0) is 11.4. The molecule has 2 N–H and O–H groups in total. The summed E-state index contributed by atoms with van der Waals surface area (Å²) in [5.41, 5.74) is 0. The molecule has 2 unspecified atom stereocenters. The maximum atomic E-state index is 9.30. The molecule has 0 amide bonds. The van der Waals surface area contributed by atoms with Crippen LogP contribution < -0.4 is 5.32 Å². The first-order valence-electron chi connectivity index (χ1n) is 5.98. The second kappa shape index (κ2) is 5.41. The Morgan fingerprint density at radius 3 is 3.00 bits per heavy atom. The van der Waals surface area contributed by atoms with Gasteiger partial charge in [-0.3, -0.25) is 4.68 Å². The van der Waals surface area contributed by atoms with E-state index in [0.29, 0.717) is 12.0 Å². The fraction of sp³-hybridized carbons (Fsp3) is 0.818. The van der Waals surface area contributed by atoms with Crippen LogP contribution in [0, 0.1) is 5.92 Å². The van der Waals surface area contributed by atoms with Gasteiger partial charge in [0, 0.05) is 19.7 Å². The van der Waals surface area contributed by atoms with Gasteiger partial charge in [0.1, 0.15) is 12.2 Å². The molecular weight excluding hydrogens is 204 g/mol. The number of nitrogens with zero attached hydrogens (tertiary/aromatic N) is 3. The van der Waals surface area contributed by atoms with Crippen molar-refractivity contribution < 1.29 is 5.11 Å². The minimum absolute atomic E-state index is 0.288. The molecule has 0 aliphatic heterocycles. The van der Waals surface area contributed by atoms with Crippen LogP contribution in [0.4, 0.5) is 0 Å². The SMILES string of the molecule is Cn1ncnc1CNC1CCCCC1CO. The lowest BCUT2D eigenvalue weighted by Crippen LogP contribution is -2.40. The van der Waals surface area contributed by atoms with Gasteiger partial charge in [-0.25, -0.2) is 4.98 Å². The summed E-state index contributed by atoms with van der Waals surface area (Å²) < 4.78 is 1.78. The number of hydrogen-bond acceptors (Lipinski definition) is 4. The van der Waals surface area contributed by atoms with Gasteiger partial charge >= 0.3 is 0 Å². The first-order chi connectivity index (χ1) is 7.81. The van der Waals surface area contributed by atoms with E-state index in [2.05, 4.69) is 15.4 Å². The van der Waals surface area contributed by atoms with E-state index in [0.717, 1.165) is 25.2 Å². The molecule has 1 aliphatic carbocycles. The lowest BCUT2D eigenvalue weighted by atomic mass is 9.85. The lowest BCUT2D eigenvalue weighted by Gasteiger charge is -2.30. The molecule has 2 rings (SSSR count). The van der Waals surface area contributed by atoms with Crippen LogP contribution in [0.15, 0.2) is 6.33 Å². The third kappa shape index (κ3) is 2.59. The highest BCUT2D eigenvalue weighted by Gasteiger charge is 2.24. The molecule has 1 aromatic heterocycles. The zero-order valence-corrected chi connectivity index (χ0v) is 9.76. The summed E-state index contributed by atoms with van der Waals surface area (Å²) >= 11 is 0. The Hall–Kier alpha value is -0.940. The van der Waals surface area contributed by atoms with Gasteiger partial charge in [0.25, 0.3) is 0 Å². The summed E-state index contributed by atoms with van der Waals surface area (Å²) in [6.45, 7) is 1.02. The van der Waals surface area contributed by atoms with Crippen molar-refractivity contribution in [3.05, 3.63) is 12.2 Å². The molecule has 5 heteroatoms. The predicted octanol–water partition coefficient (Wildman–Crippen LogP) is 0.456. The van der Waals surface area contributed by atoms with Crippen LogP contribution in [0.3, 0.4) is 0 Å². The number of rotatable bonds is 4. The average molecular weight is 224 g/mol. The number of aromatic nitrogens is 3. The van der Waals surface area contributed by atoms with E-state index >= 15 is 0 Å². The standard InChI is InChI=1S/C11H20N4O/c1-15-11(13-8-14-15)6-12-10-5-3-2-4-9(10)7-16/h8-10,12,16H,2-7H2,1H3. The van der Waals surface area contributed by atoms with Crippen LogP contribution in [0.5, 0.6) is 0 Å². The van der Waals surface area contributed by atoms with Crippen LogP contribution in [-0.2, 0) is 13.6 Å². The molecule has 1 saturated carbocycles. The van der Waals surface area contributed by atoms with Crippen molar-refractivity contribution in [3.63, 3.8) is 0 Å². The second-order valence-corrected chi connectivity index (χ2v) is 4.51. The molecule has 0 spiro atoms. The quantitative estimate of drug-likeness (QED) is 0.779. The fourth-order valence-corrected chi connectivity index (χ4v) is 2.40. The van der Waals surface area contributed by atoms with Crippen molar-refractivity contribution >= 4 is 0 Å². The third-order valence-corrected chi connectivity index (χ3v) is 3.47. The minimum Gasteiger partial charge on any atom is -0.396 e. The van der Waals surface area contributed by atoms with Crippen LogP contribution >= 0.6 is 0 Å². The monoisotopic (exact) mass is 224 g/mol. The lowest BCUT2D eigenvalue weighted by molar-refractivity contribution is 0.151. The van der Waals surface area contributed by atoms with Crippen molar-refractivity contribution in [3.8, 4) is 0 Å². The fourth-order valence-electron chi connectivity index (χ4n) is 2.40. The summed E-state index contributed by atoms with van der Waals surface area (Å²) in [4.78, 5) is 4.18. The molecule has 0 radical (unpaired) electrons.